The molecule has 0 fully saturated rings. The molecule has 0 spiro atoms. The van der Waals surface area contributed by atoms with Crippen LogP contribution < -0.4 is 21.5 Å². The second kappa shape index (κ2) is 8.33. The molecule has 8 heteroatoms. The molecule has 0 saturated carbocycles. The topological polar surface area (TPSA) is 107 Å². The number of ether oxygens (including phenoxy) is 1. The number of benzene rings is 2. The summed E-state index contributed by atoms with van der Waals surface area (Å²) in [5.74, 6) is 0.0881. The third-order valence-corrected chi connectivity index (χ3v) is 5.57. The number of urea groups is 1. The van der Waals surface area contributed by atoms with Crippen molar-refractivity contribution in [2.24, 2.45) is 11.5 Å². The number of rotatable bonds is 6. The molecule has 0 unspecified atom stereocenters. The molecule has 0 atom stereocenters. The predicted molar refractivity (Wildman–Crippen MR) is 112 cm³/mol. The van der Waals surface area contributed by atoms with Crippen molar-refractivity contribution >= 4 is 39.9 Å². The van der Waals surface area contributed by atoms with Crippen LogP contribution >= 0.6 is 22.9 Å². The number of hydrogen-bond acceptors (Lipinski definition) is 4. The maximum Gasteiger partial charge on any atom is 0.317 e. The van der Waals surface area contributed by atoms with Crippen LogP contribution in [0.3, 0.4) is 0 Å². The van der Waals surface area contributed by atoms with E-state index in [1.54, 1.807) is 6.92 Å². The Bertz CT molecular complexity index is 1010. The molecule has 0 bridgehead atoms. The van der Waals surface area contributed by atoms with Gasteiger partial charge in [-0.3, -0.25) is 10.1 Å². The van der Waals surface area contributed by atoms with E-state index in [0.29, 0.717) is 27.9 Å². The molecule has 2 aromatic carbocycles. The normalized spacial score (nSPS) is 10.5. The number of carbonyl (C=O) groups is 2. The van der Waals surface area contributed by atoms with Crippen molar-refractivity contribution in [2.75, 3.05) is 5.32 Å². The number of anilines is 1. The van der Waals surface area contributed by atoms with Crippen LogP contribution in [0.1, 0.15) is 21.5 Å². The van der Waals surface area contributed by atoms with Gasteiger partial charge in [0.1, 0.15) is 17.4 Å². The van der Waals surface area contributed by atoms with E-state index in [4.69, 9.17) is 27.8 Å². The van der Waals surface area contributed by atoms with Gasteiger partial charge in [-0.1, -0.05) is 23.7 Å². The van der Waals surface area contributed by atoms with E-state index in [2.05, 4.69) is 5.32 Å². The highest BCUT2D eigenvalue weighted by molar-refractivity contribution is 7.20. The minimum absolute atomic E-state index is 0.266. The van der Waals surface area contributed by atoms with Crippen molar-refractivity contribution in [2.45, 2.75) is 13.5 Å². The molecule has 6 nitrogen and oxygen atoms in total. The first-order valence-corrected chi connectivity index (χ1v) is 9.52. The molecule has 5 N–H and O–H groups in total. The fourth-order valence-electron chi connectivity index (χ4n) is 2.74. The van der Waals surface area contributed by atoms with Gasteiger partial charge in [0, 0.05) is 9.90 Å². The number of hydrogen-bond donors (Lipinski definition) is 3. The summed E-state index contributed by atoms with van der Waals surface area (Å²) >= 11 is 7.13. The number of thiophene rings is 1. The summed E-state index contributed by atoms with van der Waals surface area (Å²) in [5, 5.41) is 3.49. The summed E-state index contributed by atoms with van der Waals surface area (Å²) in [6, 6.07) is 14.2. The van der Waals surface area contributed by atoms with E-state index in [0.717, 1.165) is 16.0 Å². The molecule has 3 aromatic rings. The van der Waals surface area contributed by atoms with Crippen molar-refractivity contribution in [1.29, 1.82) is 0 Å². The third kappa shape index (κ3) is 4.44. The largest absolute Gasteiger partial charge is 0.489 e. The first-order valence-electron chi connectivity index (χ1n) is 8.32. The van der Waals surface area contributed by atoms with Gasteiger partial charge < -0.3 is 16.2 Å². The van der Waals surface area contributed by atoms with E-state index in [-0.39, 0.29) is 5.56 Å². The fourth-order valence-corrected chi connectivity index (χ4v) is 4.08. The number of halogens is 1. The molecule has 0 aliphatic carbocycles. The number of carbonyl (C=O) groups excluding carboxylic acids is 2. The highest BCUT2D eigenvalue weighted by Gasteiger charge is 2.21. The van der Waals surface area contributed by atoms with Gasteiger partial charge >= 0.3 is 6.03 Å². The van der Waals surface area contributed by atoms with Crippen molar-refractivity contribution in [3.8, 4) is 16.2 Å². The van der Waals surface area contributed by atoms with Gasteiger partial charge in [-0.15, -0.1) is 11.3 Å². The number of nitrogens with one attached hydrogen (secondary N) is 1. The highest BCUT2D eigenvalue weighted by atomic mass is 35.5. The Morgan fingerprint density at radius 3 is 2.29 bits per heavy atom. The Labute approximate surface area is 171 Å². The summed E-state index contributed by atoms with van der Waals surface area (Å²) in [5.41, 5.74) is 13.5. The van der Waals surface area contributed by atoms with E-state index in [1.807, 2.05) is 48.5 Å². The average molecular weight is 416 g/mol. The Hall–Kier alpha value is -3.03. The molecule has 144 valence electrons. The first kappa shape index (κ1) is 19.7. The second-order valence-electron chi connectivity index (χ2n) is 6.05. The van der Waals surface area contributed by atoms with Crippen LogP contribution in [-0.2, 0) is 6.61 Å². The molecule has 3 amide bonds. The summed E-state index contributed by atoms with van der Waals surface area (Å²) in [6.45, 7) is 2.20. The molecule has 0 aliphatic heterocycles. The number of nitrogens with two attached hydrogens (primary N) is 2. The first-order chi connectivity index (χ1) is 13.3. The molecular weight excluding hydrogens is 398 g/mol. The zero-order valence-electron chi connectivity index (χ0n) is 15.0. The number of primary amides is 2. The van der Waals surface area contributed by atoms with Gasteiger partial charge in [0.15, 0.2) is 0 Å². The van der Waals surface area contributed by atoms with Crippen molar-refractivity contribution in [1.82, 2.24) is 0 Å². The average Bonchev–Trinajstić information content (AvgIpc) is 2.97. The van der Waals surface area contributed by atoms with Crippen molar-refractivity contribution in [3.05, 3.63) is 70.2 Å². The fraction of sp³-hybridized carbons (Fsp3) is 0.100. The van der Waals surface area contributed by atoms with Crippen LogP contribution in [0.5, 0.6) is 5.75 Å². The molecule has 1 heterocycles. The van der Waals surface area contributed by atoms with Gasteiger partial charge in [-0.05, 0) is 60.0 Å². The van der Waals surface area contributed by atoms with Gasteiger partial charge in [-0.25, -0.2) is 4.79 Å². The van der Waals surface area contributed by atoms with Crippen LogP contribution in [0.2, 0.25) is 5.02 Å². The maximum atomic E-state index is 11.8. The molecule has 28 heavy (non-hydrogen) atoms. The zero-order valence-corrected chi connectivity index (χ0v) is 16.6. The lowest BCUT2D eigenvalue weighted by atomic mass is 10.1. The van der Waals surface area contributed by atoms with Gasteiger partial charge in [-0.2, -0.15) is 0 Å². The van der Waals surface area contributed by atoms with Crippen molar-refractivity contribution in [3.63, 3.8) is 0 Å². The number of amides is 3. The Kier molecular flexibility index (Phi) is 5.87. The molecule has 1 aromatic heterocycles. The second-order valence-corrected chi connectivity index (χ2v) is 7.51. The van der Waals surface area contributed by atoms with E-state index >= 15 is 0 Å². The lowest BCUT2D eigenvalue weighted by Crippen LogP contribution is -2.21. The quantitative estimate of drug-likeness (QED) is 0.549. The Morgan fingerprint density at radius 2 is 1.71 bits per heavy atom. The predicted octanol–water partition coefficient (Wildman–Crippen LogP) is 4.55. The molecule has 0 aliphatic rings. The van der Waals surface area contributed by atoms with E-state index < -0.39 is 11.9 Å². The minimum atomic E-state index is -0.749. The minimum Gasteiger partial charge on any atom is -0.489 e. The monoisotopic (exact) mass is 415 g/mol. The van der Waals surface area contributed by atoms with Gasteiger partial charge in [0.25, 0.3) is 5.91 Å². The van der Waals surface area contributed by atoms with Crippen LogP contribution in [-0.4, -0.2) is 11.9 Å². The lowest BCUT2D eigenvalue weighted by molar-refractivity contribution is 0.100. The molecule has 0 saturated heterocycles. The molecular formula is C20H18ClN3O3S. The van der Waals surface area contributed by atoms with E-state index in [9.17, 15) is 9.59 Å². The van der Waals surface area contributed by atoms with Crippen LogP contribution in [0.25, 0.3) is 10.4 Å². The van der Waals surface area contributed by atoms with Crippen molar-refractivity contribution < 1.29 is 14.3 Å². The van der Waals surface area contributed by atoms with Gasteiger partial charge in [0.05, 0.1) is 5.56 Å². The summed E-state index contributed by atoms with van der Waals surface area (Å²) in [4.78, 5) is 23.8. The smallest absolute Gasteiger partial charge is 0.317 e. The zero-order chi connectivity index (χ0) is 20.3. The van der Waals surface area contributed by atoms with Gasteiger partial charge in [0.2, 0.25) is 0 Å². The van der Waals surface area contributed by atoms with Crippen LogP contribution in [0.4, 0.5) is 9.80 Å². The SMILES string of the molecule is Cc1c(-c2ccc(OCc3ccc(Cl)cc3)cc2)sc(NC(N)=O)c1C(N)=O. The maximum absolute atomic E-state index is 11.8. The third-order valence-electron chi connectivity index (χ3n) is 4.07. The summed E-state index contributed by atoms with van der Waals surface area (Å²) < 4.78 is 5.79. The van der Waals surface area contributed by atoms with Crippen LogP contribution in [0, 0.1) is 6.92 Å². The Morgan fingerprint density at radius 1 is 1.07 bits per heavy atom. The summed E-state index contributed by atoms with van der Waals surface area (Å²) in [7, 11) is 0. The van der Waals surface area contributed by atoms with E-state index in [1.165, 1.54) is 11.3 Å². The Balaban J connectivity index is 1.80. The lowest BCUT2D eigenvalue weighted by Gasteiger charge is -2.07. The van der Waals surface area contributed by atoms with Crippen LogP contribution in [0.15, 0.2) is 48.5 Å². The standard InChI is InChI=1S/C20H18ClN3O3S/c1-11-16(18(22)25)19(24-20(23)26)28-17(11)13-4-8-15(9-5-13)27-10-12-2-6-14(21)7-3-12/h2-9H,10H2,1H3,(H2,22,25)(H3,23,24,26). The summed E-state index contributed by atoms with van der Waals surface area (Å²) in [6.07, 6.45) is 0. The molecule has 3 rings (SSSR count). The molecule has 0 radical (unpaired) electrons. The highest BCUT2D eigenvalue weighted by Crippen LogP contribution is 2.40.